The van der Waals surface area contributed by atoms with Crippen molar-refractivity contribution in [1.82, 2.24) is 14.5 Å². The minimum atomic E-state index is -2.48. The zero-order valence-electron chi connectivity index (χ0n) is 42.3. The number of aryl methyl sites for hydroxylation is 4. The first-order chi connectivity index (χ1) is 32.3. The van der Waals surface area contributed by atoms with Gasteiger partial charge in [0.25, 0.3) is 0 Å². The van der Waals surface area contributed by atoms with E-state index in [2.05, 4.69) is 177 Å². The summed E-state index contributed by atoms with van der Waals surface area (Å²) in [7, 11) is 1.68. The molecule has 0 spiro atoms. The van der Waals surface area contributed by atoms with E-state index in [9.17, 15) is 0 Å². The molecule has 0 aliphatic rings. The van der Waals surface area contributed by atoms with Crippen molar-refractivity contribution in [2.45, 2.75) is 80.0 Å². The van der Waals surface area contributed by atoms with Crippen LogP contribution in [-0.4, -0.2) is 21.6 Å². The van der Waals surface area contributed by atoms with Gasteiger partial charge in [-0.25, -0.2) is 4.98 Å². The van der Waals surface area contributed by atoms with E-state index < -0.39 is 6.85 Å². The zero-order chi connectivity index (χ0) is 48.3. The van der Waals surface area contributed by atoms with Crippen molar-refractivity contribution < 1.29 is 8.85 Å². The second kappa shape index (κ2) is 16.8. The Bertz CT molecular complexity index is 3320. The number of fused-ring (bicyclic) bond motifs is 1. The van der Waals surface area contributed by atoms with Crippen LogP contribution in [0.4, 0.5) is 0 Å². The van der Waals surface area contributed by atoms with E-state index in [1.165, 1.54) is 16.7 Å². The molecule has 0 saturated carbocycles. The molecule has 9 rings (SSSR count). The maximum Gasteiger partial charge on any atom is 0.149 e. The number of pyridine rings is 1. The Labute approximate surface area is 389 Å². The molecule has 0 amide bonds. The largest absolute Gasteiger partial charge is 0.496 e. The van der Waals surface area contributed by atoms with Crippen LogP contribution in [-0.2, 0) is 10.8 Å². The zero-order valence-corrected chi connectivity index (χ0v) is 39.3. The first-order valence-corrected chi connectivity index (χ1v) is 22.5. The van der Waals surface area contributed by atoms with Crippen LogP contribution in [0.3, 0.4) is 0 Å². The van der Waals surface area contributed by atoms with Crippen molar-refractivity contribution in [3.8, 4) is 78.6 Å². The van der Waals surface area contributed by atoms with Gasteiger partial charge in [-0.3, -0.25) is 9.55 Å². The molecule has 0 aliphatic heterocycles. The lowest BCUT2D eigenvalue weighted by Gasteiger charge is -2.26. The maximum atomic E-state index is 9.12. The first-order valence-electron chi connectivity index (χ1n) is 24.0. The van der Waals surface area contributed by atoms with Gasteiger partial charge in [0.2, 0.25) is 0 Å². The standard InChI is InChI=1S/C61H59N3O/c1-38-20-22-43(23-21-38)45-26-27-62-54(36-45)49-32-46(42-16-13-12-14-17-42)31-48(33-49)52-18-15-19-56-57(52)63-59(53-29-39(2)28-41(4)58(53)65-11)64(56)55-25-24-44(30-40(55)3)47-34-50(60(5,6)7)37-51(35-47)61(8,9)10/h12-37H,1-11H3/i3D3. The van der Waals surface area contributed by atoms with Crippen LogP contribution in [0, 0.1) is 27.6 Å². The van der Waals surface area contributed by atoms with Crippen molar-refractivity contribution in [2.24, 2.45) is 0 Å². The van der Waals surface area contributed by atoms with Gasteiger partial charge in [0.05, 0.1) is 35.1 Å². The average Bonchev–Trinajstić information content (AvgIpc) is 3.70. The van der Waals surface area contributed by atoms with Crippen LogP contribution in [0.5, 0.6) is 5.75 Å². The summed E-state index contributed by atoms with van der Waals surface area (Å²) in [6, 6.07) is 52.8. The van der Waals surface area contributed by atoms with Gasteiger partial charge in [-0.2, -0.15) is 0 Å². The summed E-state index contributed by atoms with van der Waals surface area (Å²) in [5, 5.41) is 0. The Morgan fingerprint density at radius 3 is 1.85 bits per heavy atom. The van der Waals surface area contributed by atoms with Gasteiger partial charge in [0.1, 0.15) is 11.6 Å². The third kappa shape index (κ3) is 8.54. The second-order valence-corrected chi connectivity index (χ2v) is 19.6. The number of benzene rings is 7. The lowest BCUT2D eigenvalue weighted by Crippen LogP contribution is -2.16. The molecule has 0 radical (unpaired) electrons. The van der Waals surface area contributed by atoms with E-state index in [4.69, 9.17) is 18.8 Å². The van der Waals surface area contributed by atoms with Crippen LogP contribution >= 0.6 is 0 Å². The van der Waals surface area contributed by atoms with Crippen LogP contribution in [0.2, 0.25) is 0 Å². The Morgan fingerprint density at radius 2 is 1.15 bits per heavy atom. The smallest absolute Gasteiger partial charge is 0.149 e. The molecule has 0 saturated heterocycles. The number of methoxy groups -OCH3 is 1. The molecule has 4 nitrogen and oxygen atoms in total. The van der Waals surface area contributed by atoms with E-state index in [-0.39, 0.29) is 16.4 Å². The lowest BCUT2D eigenvalue weighted by molar-refractivity contribution is 0.413. The molecule has 0 fully saturated rings. The predicted molar refractivity (Wildman–Crippen MR) is 274 cm³/mol. The molecule has 0 atom stereocenters. The third-order valence-corrected chi connectivity index (χ3v) is 12.6. The summed E-state index contributed by atoms with van der Waals surface area (Å²) in [6.45, 7) is 17.0. The normalized spacial score (nSPS) is 12.8. The lowest BCUT2D eigenvalue weighted by atomic mass is 9.79. The van der Waals surface area contributed by atoms with Crippen molar-refractivity contribution in [3.05, 3.63) is 191 Å². The fourth-order valence-corrected chi connectivity index (χ4v) is 8.96. The van der Waals surface area contributed by atoms with Crippen LogP contribution in [0.15, 0.2) is 158 Å². The van der Waals surface area contributed by atoms with E-state index in [1.807, 2.05) is 48.0 Å². The van der Waals surface area contributed by atoms with Gasteiger partial charge < -0.3 is 4.74 Å². The summed E-state index contributed by atoms with van der Waals surface area (Å²) in [4.78, 5) is 10.5. The molecule has 65 heavy (non-hydrogen) atoms. The van der Waals surface area contributed by atoms with Gasteiger partial charge in [0.15, 0.2) is 0 Å². The number of rotatable bonds is 8. The van der Waals surface area contributed by atoms with Crippen LogP contribution in [0.1, 0.15) is 79.0 Å². The summed E-state index contributed by atoms with van der Waals surface area (Å²) in [5.74, 6) is 1.27. The monoisotopic (exact) mass is 852 g/mol. The van der Waals surface area contributed by atoms with Gasteiger partial charge in [-0.1, -0.05) is 144 Å². The molecule has 0 unspecified atom stereocenters. The Morgan fingerprint density at radius 1 is 0.508 bits per heavy atom. The molecule has 4 heteroatoms. The van der Waals surface area contributed by atoms with E-state index >= 15 is 0 Å². The minimum absolute atomic E-state index is 0.112. The fraction of sp³-hybridized carbons (Fsp3) is 0.213. The highest BCUT2D eigenvalue weighted by atomic mass is 16.5. The molecule has 7 aromatic carbocycles. The minimum Gasteiger partial charge on any atom is -0.496 e. The number of ether oxygens (including phenoxy) is 1. The molecule has 0 aliphatic carbocycles. The molecular weight excluding hydrogens is 791 g/mol. The summed E-state index contributed by atoms with van der Waals surface area (Å²) >= 11 is 0. The van der Waals surface area contributed by atoms with Crippen molar-refractivity contribution >= 4 is 11.0 Å². The summed E-state index contributed by atoms with van der Waals surface area (Å²) in [6.07, 6.45) is 1.88. The summed E-state index contributed by atoms with van der Waals surface area (Å²) < 4.78 is 35.5. The first kappa shape index (κ1) is 39.5. The molecule has 2 heterocycles. The number of imidazole rings is 1. The molecule has 0 bridgehead atoms. The van der Waals surface area contributed by atoms with Crippen molar-refractivity contribution in [3.63, 3.8) is 0 Å². The Hall–Kier alpha value is -7.04. The highest BCUT2D eigenvalue weighted by molar-refractivity contribution is 5.98. The highest BCUT2D eigenvalue weighted by Gasteiger charge is 2.25. The van der Waals surface area contributed by atoms with Gasteiger partial charge in [-0.05, 0) is 160 Å². The number of nitrogens with zero attached hydrogens (tertiary/aromatic N) is 3. The molecular formula is C61H59N3O. The Balaban J connectivity index is 1.31. The van der Waals surface area contributed by atoms with E-state index in [1.54, 1.807) is 7.11 Å². The SMILES string of the molecule is [2H]C([2H])([2H])c1cc(-c2cc(C(C)(C)C)cc(C(C)(C)C)c2)ccc1-n1c(-c2cc(C)cc(C)c2OC)nc2c(-c3cc(-c4ccccc4)cc(-c4cc(-c5ccc(C)cc5)ccn4)c3)cccc21. The van der Waals surface area contributed by atoms with Crippen molar-refractivity contribution in [2.75, 3.05) is 7.11 Å². The number of hydrogen-bond donors (Lipinski definition) is 0. The van der Waals surface area contributed by atoms with Crippen LogP contribution in [0.25, 0.3) is 83.9 Å². The topological polar surface area (TPSA) is 39.9 Å². The molecule has 9 aromatic rings. The summed E-state index contributed by atoms with van der Waals surface area (Å²) in [5.41, 5.74) is 18.3. The van der Waals surface area contributed by atoms with Gasteiger partial charge >= 0.3 is 0 Å². The second-order valence-electron chi connectivity index (χ2n) is 19.6. The van der Waals surface area contributed by atoms with Crippen LogP contribution < -0.4 is 4.74 Å². The number of hydrogen-bond acceptors (Lipinski definition) is 3. The van der Waals surface area contributed by atoms with Gasteiger partial charge in [-0.15, -0.1) is 0 Å². The maximum absolute atomic E-state index is 9.12. The highest BCUT2D eigenvalue weighted by Crippen LogP contribution is 2.43. The number of para-hydroxylation sites is 1. The van der Waals surface area contributed by atoms with Gasteiger partial charge in [0, 0.05) is 21.4 Å². The Kier molecular flexibility index (Phi) is 10.2. The fourth-order valence-electron chi connectivity index (χ4n) is 8.96. The molecule has 0 N–H and O–H groups in total. The predicted octanol–water partition coefficient (Wildman–Crippen LogP) is 16.3. The van der Waals surface area contributed by atoms with E-state index in [0.29, 0.717) is 17.3 Å². The molecule has 324 valence electrons. The van der Waals surface area contributed by atoms with Crippen molar-refractivity contribution in [1.29, 1.82) is 0 Å². The number of aromatic nitrogens is 3. The quantitative estimate of drug-likeness (QED) is 0.153. The van der Waals surface area contributed by atoms with E-state index in [0.717, 1.165) is 83.5 Å². The average molecular weight is 853 g/mol. The molecule has 2 aromatic heterocycles. The third-order valence-electron chi connectivity index (χ3n) is 12.6.